The summed E-state index contributed by atoms with van der Waals surface area (Å²) >= 11 is 0. The zero-order chi connectivity index (χ0) is 18.5. The summed E-state index contributed by atoms with van der Waals surface area (Å²) < 4.78 is 12.9. The van der Waals surface area contributed by atoms with E-state index in [-0.39, 0.29) is 23.7 Å². The molecule has 0 unspecified atom stereocenters. The van der Waals surface area contributed by atoms with Crippen molar-refractivity contribution in [1.29, 1.82) is 0 Å². The van der Waals surface area contributed by atoms with Crippen molar-refractivity contribution in [3.63, 3.8) is 0 Å². The summed E-state index contributed by atoms with van der Waals surface area (Å²) in [5.41, 5.74) is 1.28. The molecule has 0 saturated carbocycles. The lowest BCUT2D eigenvalue weighted by atomic mass is 10.1. The van der Waals surface area contributed by atoms with Crippen LogP contribution in [0.1, 0.15) is 17.3 Å². The van der Waals surface area contributed by atoms with Crippen molar-refractivity contribution in [2.75, 3.05) is 31.5 Å². The topological polar surface area (TPSA) is 53.9 Å². The summed E-state index contributed by atoms with van der Waals surface area (Å²) in [5.74, 6) is -0.400. The Labute approximate surface area is 152 Å². The lowest BCUT2D eigenvalue weighted by molar-refractivity contribution is -0.917. The van der Waals surface area contributed by atoms with E-state index in [0.717, 1.165) is 18.0 Å². The first-order valence-corrected chi connectivity index (χ1v) is 8.80. The normalized spacial score (nSPS) is 16.2. The van der Waals surface area contributed by atoms with Crippen molar-refractivity contribution >= 4 is 17.5 Å². The summed E-state index contributed by atoms with van der Waals surface area (Å²) in [6, 6.07) is 14.7. The summed E-state index contributed by atoms with van der Waals surface area (Å²) in [6.07, 6.45) is 0. The van der Waals surface area contributed by atoms with E-state index in [2.05, 4.69) is 5.32 Å². The zero-order valence-corrected chi connectivity index (χ0v) is 14.7. The molecule has 2 N–H and O–H groups in total. The van der Waals surface area contributed by atoms with Gasteiger partial charge >= 0.3 is 0 Å². The SMILES string of the molecule is C[C@H](C(=O)Nc1ccc(F)cc1)[NH+]1CCN(C(=O)c2ccccc2)CC1. The van der Waals surface area contributed by atoms with Crippen LogP contribution in [0.2, 0.25) is 0 Å². The van der Waals surface area contributed by atoms with Gasteiger partial charge in [-0.2, -0.15) is 0 Å². The monoisotopic (exact) mass is 356 g/mol. The van der Waals surface area contributed by atoms with Gasteiger partial charge in [0.1, 0.15) is 5.82 Å². The van der Waals surface area contributed by atoms with Gasteiger partial charge in [0.25, 0.3) is 11.8 Å². The molecule has 6 heteroatoms. The average Bonchev–Trinajstić information content (AvgIpc) is 2.69. The minimum atomic E-state index is -0.333. The quantitative estimate of drug-likeness (QED) is 0.865. The molecule has 0 bridgehead atoms. The number of hydrogen-bond donors (Lipinski definition) is 2. The molecule has 0 spiro atoms. The van der Waals surface area contributed by atoms with Gasteiger partial charge in [0.15, 0.2) is 6.04 Å². The average molecular weight is 356 g/mol. The Bertz CT molecular complexity index is 756. The van der Waals surface area contributed by atoms with Crippen molar-refractivity contribution < 1.29 is 18.9 Å². The van der Waals surface area contributed by atoms with E-state index >= 15 is 0 Å². The largest absolute Gasteiger partial charge is 0.327 e. The number of halogens is 1. The molecule has 0 aliphatic carbocycles. The molecular formula is C20H23FN3O2+. The van der Waals surface area contributed by atoms with Gasteiger partial charge in [0.2, 0.25) is 0 Å². The van der Waals surface area contributed by atoms with Gasteiger partial charge in [-0.15, -0.1) is 0 Å². The fraction of sp³-hybridized carbons (Fsp3) is 0.300. The van der Waals surface area contributed by atoms with Gasteiger partial charge in [0, 0.05) is 11.3 Å². The van der Waals surface area contributed by atoms with Crippen molar-refractivity contribution in [2.45, 2.75) is 13.0 Å². The summed E-state index contributed by atoms with van der Waals surface area (Å²) in [5, 5.41) is 2.82. The van der Waals surface area contributed by atoms with Crippen LogP contribution in [0.15, 0.2) is 54.6 Å². The number of nitrogens with one attached hydrogen (secondary N) is 2. The van der Waals surface area contributed by atoms with Crippen LogP contribution in [0.4, 0.5) is 10.1 Å². The van der Waals surface area contributed by atoms with Crippen molar-refractivity contribution in [3.8, 4) is 0 Å². The number of carbonyl (C=O) groups is 2. The minimum absolute atomic E-state index is 0.0352. The fourth-order valence-electron chi connectivity index (χ4n) is 3.16. The summed E-state index contributed by atoms with van der Waals surface area (Å²) in [4.78, 5) is 27.9. The number of nitrogens with zero attached hydrogens (tertiary/aromatic N) is 1. The van der Waals surface area contributed by atoms with Gasteiger partial charge in [-0.3, -0.25) is 9.59 Å². The molecule has 5 nitrogen and oxygen atoms in total. The number of quaternary nitrogens is 1. The smallest absolute Gasteiger partial charge is 0.282 e. The van der Waals surface area contributed by atoms with E-state index in [1.54, 1.807) is 12.1 Å². The third kappa shape index (κ3) is 4.26. The van der Waals surface area contributed by atoms with Crippen molar-refractivity contribution in [3.05, 3.63) is 66.0 Å². The molecule has 2 aromatic carbocycles. The second kappa shape index (κ2) is 8.10. The lowest BCUT2D eigenvalue weighted by Crippen LogP contribution is -3.19. The molecule has 2 amide bonds. The Balaban J connectivity index is 1.53. The number of piperazine rings is 1. The first kappa shape index (κ1) is 18.1. The Hall–Kier alpha value is -2.73. The molecule has 0 aromatic heterocycles. The third-order valence-corrected chi connectivity index (χ3v) is 4.83. The molecule has 0 radical (unpaired) electrons. The number of carbonyl (C=O) groups excluding carboxylic acids is 2. The Morgan fingerprint density at radius 3 is 2.27 bits per heavy atom. The van der Waals surface area contributed by atoms with Crippen LogP contribution in [-0.4, -0.2) is 48.9 Å². The number of benzene rings is 2. The minimum Gasteiger partial charge on any atom is -0.327 e. The molecule has 1 aliphatic rings. The highest BCUT2D eigenvalue weighted by molar-refractivity contribution is 5.94. The van der Waals surface area contributed by atoms with Gasteiger partial charge in [-0.1, -0.05) is 18.2 Å². The van der Waals surface area contributed by atoms with E-state index < -0.39 is 0 Å². The van der Waals surface area contributed by atoms with Crippen molar-refractivity contribution in [2.24, 2.45) is 0 Å². The van der Waals surface area contributed by atoms with Crippen LogP contribution in [0.3, 0.4) is 0 Å². The second-order valence-electron chi connectivity index (χ2n) is 6.53. The summed E-state index contributed by atoms with van der Waals surface area (Å²) in [6.45, 7) is 4.56. The number of rotatable bonds is 4. The number of anilines is 1. The third-order valence-electron chi connectivity index (χ3n) is 4.83. The standard InChI is InChI=1S/C20H22FN3O2/c1-15(19(25)22-18-9-7-17(21)8-10-18)23-11-13-24(14-12-23)20(26)16-5-3-2-4-6-16/h2-10,15H,11-14H2,1H3,(H,22,25)/p+1/t15-/m1/s1. The lowest BCUT2D eigenvalue weighted by Gasteiger charge is -2.34. The van der Waals surface area contributed by atoms with Crippen LogP contribution >= 0.6 is 0 Å². The molecule has 136 valence electrons. The number of amides is 2. The molecule has 1 fully saturated rings. The van der Waals surface area contributed by atoms with Gasteiger partial charge in [-0.05, 0) is 43.3 Å². The maximum absolute atomic E-state index is 12.9. The second-order valence-corrected chi connectivity index (χ2v) is 6.53. The molecular weight excluding hydrogens is 333 g/mol. The zero-order valence-electron chi connectivity index (χ0n) is 14.7. The van der Waals surface area contributed by atoms with E-state index in [0.29, 0.717) is 24.3 Å². The predicted molar refractivity (Wildman–Crippen MR) is 97.5 cm³/mol. The van der Waals surface area contributed by atoms with Gasteiger partial charge in [-0.25, -0.2) is 4.39 Å². The van der Waals surface area contributed by atoms with E-state index in [9.17, 15) is 14.0 Å². The molecule has 3 rings (SSSR count). The fourth-order valence-corrected chi connectivity index (χ4v) is 3.16. The van der Waals surface area contributed by atoms with E-state index in [1.165, 1.54) is 12.1 Å². The maximum Gasteiger partial charge on any atom is 0.282 e. The number of hydrogen-bond acceptors (Lipinski definition) is 2. The molecule has 2 aromatic rings. The van der Waals surface area contributed by atoms with Crippen LogP contribution in [-0.2, 0) is 4.79 Å². The van der Waals surface area contributed by atoms with E-state index in [4.69, 9.17) is 0 Å². The van der Waals surface area contributed by atoms with Crippen LogP contribution < -0.4 is 10.2 Å². The van der Waals surface area contributed by atoms with Crippen molar-refractivity contribution in [1.82, 2.24) is 4.90 Å². The van der Waals surface area contributed by atoms with Gasteiger partial charge in [0.05, 0.1) is 26.2 Å². The van der Waals surface area contributed by atoms with Gasteiger partial charge < -0.3 is 15.1 Å². The van der Waals surface area contributed by atoms with Crippen LogP contribution in [0.25, 0.3) is 0 Å². The molecule has 1 aliphatic heterocycles. The molecule has 1 saturated heterocycles. The molecule has 1 atom stereocenters. The maximum atomic E-state index is 12.9. The predicted octanol–water partition coefficient (Wildman–Crippen LogP) is 1.19. The van der Waals surface area contributed by atoms with Crippen LogP contribution in [0, 0.1) is 5.82 Å². The highest BCUT2D eigenvalue weighted by atomic mass is 19.1. The Kier molecular flexibility index (Phi) is 5.63. The first-order valence-electron chi connectivity index (χ1n) is 8.80. The highest BCUT2D eigenvalue weighted by Crippen LogP contribution is 2.08. The first-order chi connectivity index (χ1) is 12.5. The Morgan fingerprint density at radius 1 is 1.04 bits per heavy atom. The highest BCUT2D eigenvalue weighted by Gasteiger charge is 2.31. The summed E-state index contributed by atoms with van der Waals surface area (Å²) in [7, 11) is 0. The molecule has 26 heavy (non-hydrogen) atoms. The van der Waals surface area contributed by atoms with E-state index in [1.807, 2.05) is 42.2 Å². The molecule has 1 heterocycles. The van der Waals surface area contributed by atoms with Crippen LogP contribution in [0.5, 0.6) is 0 Å². The Morgan fingerprint density at radius 2 is 1.65 bits per heavy atom.